The van der Waals surface area contributed by atoms with Crippen molar-refractivity contribution in [1.82, 2.24) is 9.80 Å². The van der Waals surface area contributed by atoms with E-state index in [0.717, 1.165) is 5.41 Å². The Hall–Kier alpha value is -0.0800. The second-order valence-corrected chi connectivity index (χ2v) is 5.98. The molecule has 0 aromatic heterocycles. The lowest BCUT2D eigenvalue weighted by Gasteiger charge is -2.60. The van der Waals surface area contributed by atoms with Gasteiger partial charge >= 0.3 is 0 Å². The lowest BCUT2D eigenvalue weighted by molar-refractivity contribution is -0.114. The maximum Gasteiger partial charge on any atom is 0.0212 e. The fraction of sp³-hybridized carbons (Fsp3) is 1.00. The van der Waals surface area contributed by atoms with E-state index in [1.54, 1.807) is 0 Å². The predicted molar refractivity (Wildman–Crippen MR) is 69.7 cm³/mol. The van der Waals surface area contributed by atoms with Crippen molar-refractivity contribution in [3.63, 3.8) is 0 Å². The first-order valence-electron chi connectivity index (χ1n) is 7.23. The molecule has 0 aromatic carbocycles. The first-order chi connectivity index (χ1) is 7.78. The van der Waals surface area contributed by atoms with Crippen molar-refractivity contribution in [2.24, 2.45) is 5.41 Å². The number of hydrogen-bond donors (Lipinski definition) is 0. The van der Waals surface area contributed by atoms with Crippen LogP contribution in [-0.2, 0) is 0 Å². The zero-order valence-corrected chi connectivity index (χ0v) is 11.2. The molecule has 2 aliphatic heterocycles. The van der Waals surface area contributed by atoms with E-state index >= 15 is 0 Å². The first-order valence-corrected chi connectivity index (χ1v) is 7.23. The Balaban J connectivity index is 1.52. The van der Waals surface area contributed by atoms with E-state index in [2.05, 4.69) is 23.6 Å². The Bertz CT molecular complexity index is 201. The predicted octanol–water partition coefficient (Wildman–Crippen LogP) is 2.59. The highest BCUT2D eigenvalue weighted by molar-refractivity contribution is 5.05. The van der Waals surface area contributed by atoms with Crippen molar-refractivity contribution >= 4 is 0 Å². The van der Waals surface area contributed by atoms with Gasteiger partial charge in [-0.25, -0.2) is 0 Å². The van der Waals surface area contributed by atoms with E-state index in [1.165, 1.54) is 71.4 Å². The summed E-state index contributed by atoms with van der Waals surface area (Å²) in [5, 5.41) is 0. The van der Waals surface area contributed by atoms with Crippen LogP contribution in [0.3, 0.4) is 0 Å². The normalized spacial score (nSPS) is 24.4. The molecule has 2 saturated heterocycles. The molecule has 0 aromatic rings. The summed E-state index contributed by atoms with van der Waals surface area (Å²) in [5.41, 5.74) is 0.736. The van der Waals surface area contributed by atoms with Crippen molar-refractivity contribution in [2.75, 3.05) is 39.3 Å². The van der Waals surface area contributed by atoms with Gasteiger partial charge in [0.05, 0.1) is 0 Å². The molecule has 0 N–H and O–H groups in total. The molecule has 0 unspecified atom stereocenters. The molecule has 2 rings (SSSR count). The Morgan fingerprint density at radius 2 is 1.25 bits per heavy atom. The van der Waals surface area contributed by atoms with Gasteiger partial charge in [-0.1, -0.05) is 33.1 Å². The van der Waals surface area contributed by atoms with Crippen LogP contribution < -0.4 is 0 Å². The Labute approximate surface area is 101 Å². The minimum Gasteiger partial charge on any atom is -0.302 e. The van der Waals surface area contributed by atoms with Crippen LogP contribution in [0.1, 0.15) is 46.0 Å². The number of likely N-dealkylation sites (tertiary alicyclic amines) is 2. The quantitative estimate of drug-likeness (QED) is 0.613. The van der Waals surface area contributed by atoms with Gasteiger partial charge in [0.15, 0.2) is 0 Å². The highest BCUT2D eigenvalue weighted by Gasteiger charge is 2.50. The monoisotopic (exact) mass is 224 g/mol. The van der Waals surface area contributed by atoms with Gasteiger partial charge in [0, 0.05) is 31.6 Å². The molecule has 94 valence electrons. The Morgan fingerprint density at radius 3 is 1.75 bits per heavy atom. The molecule has 0 bridgehead atoms. The van der Waals surface area contributed by atoms with Gasteiger partial charge in [-0.2, -0.15) is 0 Å². The van der Waals surface area contributed by atoms with Crippen LogP contribution >= 0.6 is 0 Å². The third-order valence-corrected chi connectivity index (χ3v) is 4.14. The second-order valence-electron chi connectivity index (χ2n) is 5.98. The lowest BCUT2D eigenvalue weighted by Crippen LogP contribution is -2.71. The van der Waals surface area contributed by atoms with Crippen molar-refractivity contribution < 1.29 is 0 Å². The molecular weight excluding hydrogens is 196 g/mol. The molecular formula is C14H28N2. The van der Waals surface area contributed by atoms with Crippen molar-refractivity contribution in [2.45, 2.75) is 46.0 Å². The molecule has 16 heavy (non-hydrogen) atoms. The highest BCUT2D eigenvalue weighted by atomic mass is 15.3. The molecule has 0 atom stereocenters. The average Bonchev–Trinajstić information content (AvgIpc) is 2.17. The largest absolute Gasteiger partial charge is 0.302 e. The van der Waals surface area contributed by atoms with Gasteiger partial charge in [-0.15, -0.1) is 0 Å². The number of rotatable bonds is 7. The van der Waals surface area contributed by atoms with Crippen molar-refractivity contribution in [3.05, 3.63) is 0 Å². The molecule has 0 saturated carbocycles. The highest BCUT2D eigenvalue weighted by Crippen LogP contribution is 2.39. The first kappa shape index (κ1) is 12.4. The standard InChI is InChI=1S/C14H28N2/c1-3-5-7-9-16-12-14(13-16)10-15(11-14)8-6-4-2/h3-13H2,1-2H3. The maximum atomic E-state index is 2.66. The lowest BCUT2D eigenvalue weighted by atomic mass is 9.72. The summed E-state index contributed by atoms with van der Waals surface area (Å²) in [6, 6.07) is 0. The molecule has 0 radical (unpaired) electrons. The van der Waals surface area contributed by atoms with E-state index in [1.807, 2.05) is 0 Å². The van der Waals surface area contributed by atoms with Crippen LogP contribution in [0.5, 0.6) is 0 Å². The summed E-state index contributed by atoms with van der Waals surface area (Å²) in [6.45, 7) is 12.8. The van der Waals surface area contributed by atoms with Gasteiger partial charge < -0.3 is 9.80 Å². The summed E-state index contributed by atoms with van der Waals surface area (Å²) in [5.74, 6) is 0. The second kappa shape index (κ2) is 5.50. The molecule has 2 nitrogen and oxygen atoms in total. The number of hydrogen-bond acceptors (Lipinski definition) is 2. The van der Waals surface area contributed by atoms with E-state index < -0.39 is 0 Å². The molecule has 1 spiro atoms. The van der Waals surface area contributed by atoms with Crippen LogP contribution in [-0.4, -0.2) is 49.1 Å². The van der Waals surface area contributed by atoms with Gasteiger partial charge in [-0.3, -0.25) is 0 Å². The Kier molecular flexibility index (Phi) is 4.26. The van der Waals surface area contributed by atoms with Crippen LogP contribution in [0.2, 0.25) is 0 Å². The summed E-state index contributed by atoms with van der Waals surface area (Å²) in [6.07, 6.45) is 6.89. The molecule has 2 fully saturated rings. The number of unbranched alkanes of at least 4 members (excludes halogenated alkanes) is 3. The fourth-order valence-electron chi connectivity index (χ4n) is 3.29. The summed E-state index contributed by atoms with van der Waals surface area (Å²) < 4.78 is 0. The van der Waals surface area contributed by atoms with Crippen molar-refractivity contribution in [3.8, 4) is 0 Å². The van der Waals surface area contributed by atoms with Gasteiger partial charge in [0.25, 0.3) is 0 Å². The maximum absolute atomic E-state index is 2.66. The molecule has 0 aliphatic carbocycles. The van der Waals surface area contributed by atoms with Crippen molar-refractivity contribution in [1.29, 1.82) is 0 Å². The van der Waals surface area contributed by atoms with E-state index in [-0.39, 0.29) is 0 Å². The number of nitrogens with zero attached hydrogens (tertiary/aromatic N) is 2. The summed E-state index contributed by atoms with van der Waals surface area (Å²) in [4.78, 5) is 5.31. The molecule has 2 aliphatic rings. The van der Waals surface area contributed by atoms with Gasteiger partial charge in [0.1, 0.15) is 0 Å². The summed E-state index contributed by atoms with van der Waals surface area (Å²) in [7, 11) is 0. The van der Waals surface area contributed by atoms with E-state index in [0.29, 0.717) is 0 Å². The zero-order valence-electron chi connectivity index (χ0n) is 11.2. The minimum absolute atomic E-state index is 0.736. The average molecular weight is 224 g/mol. The van der Waals surface area contributed by atoms with E-state index in [4.69, 9.17) is 0 Å². The molecule has 2 heterocycles. The SMILES string of the molecule is CCCCCN1CC2(CN(CCCC)C2)C1. The van der Waals surface area contributed by atoms with Crippen LogP contribution in [0.25, 0.3) is 0 Å². The van der Waals surface area contributed by atoms with E-state index in [9.17, 15) is 0 Å². The topological polar surface area (TPSA) is 6.48 Å². The Morgan fingerprint density at radius 1 is 0.750 bits per heavy atom. The van der Waals surface area contributed by atoms with Crippen LogP contribution in [0, 0.1) is 5.41 Å². The van der Waals surface area contributed by atoms with Crippen LogP contribution in [0.15, 0.2) is 0 Å². The van der Waals surface area contributed by atoms with Crippen LogP contribution in [0.4, 0.5) is 0 Å². The van der Waals surface area contributed by atoms with Gasteiger partial charge in [0.2, 0.25) is 0 Å². The minimum atomic E-state index is 0.736. The smallest absolute Gasteiger partial charge is 0.0212 e. The third-order valence-electron chi connectivity index (χ3n) is 4.14. The zero-order chi connectivity index (χ0) is 11.4. The molecule has 2 heteroatoms. The fourth-order valence-corrected chi connectivity index (χ4v) is 3.29. The van der Waals surface area contributed by atoms with Gasteiger partial charge in [-0.05, 0) is 25.9 Å². The molecule has 0 amide bonds. The third kappa shape index (κ3) is 2.78. The summed E-state index contributed by atoms with van der Waals surface area (Å²) >= 11 is 0.